The van der Waals surface area contributed by atoms with Crippen LogP contribution in [-0.2, 0) is 14.3 Å². The molecule has 0 atom stereocenters. The second-order valence-electron chi connectivity index (χ2n) is 3.72. The molecule has 3 nitrogen and oxygen atoms in total. The summed E-state index contributed by atoms with van der Waals surface area (Å²) in [7, 11) is -7.34. The molecule has 0 bridgehead atoms. The molecule has 0 amide bonds. The molecule has 0 aromatic heterocycles. The summed E-state index contributed by atoms with van der Waals surface area (Å²) in [6.45, 7) is 5.12. The van der Waals surface area contributed by atoms with Crippen molar-refractivity contribution in [2.24, 2.45) is 0 Å². The molecular weight excluding hydrogens is 225 g/mol. The summed E-state index contributed by atoms with van der Waals surface area (Å²) in [5.41, 5.74) is -5.31. The Labute approximate surface area is 76.0 Å². The van der Waals surface area contributed by atoms with Gasteiger partial charge in [-0.15, -0.1) is 0 Å². The van der Waals surface area contributed by atoms with Gasteiger partial charge in [0.2, 0.25) is 0 Å². The van der Waals surface area contributed by atoms with Crippen molar-refractivity contribution in [1.29, 1.82) is 0 Å². The van der Waals surface area contributed by atoms with Crippen molar-refractivity contribution in [3.63, 3.8) is 0 Å². The Balaban J connectivity index is 4.40. The Kier molecular flexibility index (Phi) is 3.56. The zero-order chi connectivity index (χ0) is 10.9. The first kappa shape index (κ1) is 12.9. The first-order valence-corrected chi connectivity index (χ1v) is 8.53. The third-order valence-electron chi connectivity index (χ3n) is 0.931. The molecule has 0 aliphatic heterocycles. The van der Waals surface area contributed by atoms with Crippen LogP contribution in [0.3, 0.4) is 0 Å². The van der Waals surface area contributed by atoms with Crippen molar-refractivity contribution in [2.75, 3.05) is 6.23 Å². The number of hydrogen-bond acceptors (Lipinski definition) is 3. The van der Waals surface area contributed by atoms with Gasteiger partial charge in [0, 0.05) is 0 Å². The van der Waals surface area contributed by atoms with Crippen LogP contribution in [0.5, 0.6) is 0 Å². The highest BCUT2D eigenvalue weighted by molar-refractivity contribution is 7.87. The molecule has 0 spiro atoms. The van der Waals surface area contributed by atoms with E-state index in [1.165, 1.54) is 0 Å². The van der Waals surface area contributed by atoms with E-state index in [1.54, 1.807) is 19.6 Å². The Morgan fingerprint density at radius 3 is 1.85 bits per heavy atom. The van der Waals surface area contributed by atoms with Gasteiger partial charge in [-0.2, -0.15) is 21.6 Å². The molecule has 13 heavy (non-hydrogen) atoms. The van der Waals surface area contributed by atoms with Crippen LogP contribution >= 0.6 is 0 Å². The number of alkyl halides is 3. The second kappa shape index (κ2) is 3.58. The zero-order valence-corrected chi connectivity index (χ0v) is 9.29. The van der Waals surface area contributed by atoms with Crippen molar-refractivity contribution in [2.45, 2.75) is 25.1 Å². The topological polar surface area (TPSA) is 43.4 Å². The third-order valence-corrected chi connectivity index (χ3v) is 3.15. The average Bonchev–Trinajstić information content (AvgIpc) is 1.79. The normalized spacial score (nSPS) is 14.6. The largest absolute Gasteiger partial charge is 0.523 e. The van der Waals surface area contributed by atoms with E-state index in [2.05, 4.69) is 4.18 Å². The van der Waals surface area contributed by atoms with Gasteiger partial charge < -0.3 is 0 Å². The quantitative estimate of drug-likeness (QED) is 0.426. The van der Waals surface area contributed by atoms with E-state index in [1.807, 2.05) is 0 Å². The van der Waals surface area contributed by atoms with E-state index >= 15 is 0 Å². The lowest BCUT2D eigenvalue weighted by atomic mass is 11.6. The van der Waals surface area contributed by atoms with Crippen LogP contribution in [0.15, 0.2) is 0 Å². The Morgan fingerprint density at radius 1 is 1.23 bits per heavy atom. The van der Waals surface area contributed by atoms with Gasteiger partial charge in [0.1, 0.15) is 0 Å². The number of halogens is 3. The van der Waals surface area contributed by atoms with Crippen LogP contribution in [0.25, 0.3) is 0 Å². The average molecular weight is 236 g/mol. The summed E-state index contributed by atoms with van der Waals surface area (Å²) in [6.07, 6.45) is -0.352. The van der Waals surface area contributed by atoms with Crippen molar-refractivity contribution >= 4 is 18.2 Å². The molecule has 0 saturated carbocycles. The molecule has 0 heterocycles. The molecule has 0 saturated heterocycles. The van der Waals surface area contributed by atoms with E-state index in [0.717, 1.165) is 0 Å². The van der Waals surface area contributed by atoms with Gasteiger partial charge in [-0.05, 0) is 0 Å². The molecule has 8 heteroatoms. The van der Waals surface area contributed by atoms with Crippen LogP contribution in [-0.4, -0.2) is 28.2 Å². The Hall–Kier alpha value is -0.0831. The minimum Gasteiger partial charge on any atom is -0.267 e. The maximum atomic E-state index is 11.7. The van der Waals surface area contributed by atoms with Crippen molar-refractivity contribution in [1.82, 2.24) is 0 Å². The van der Waals surface area contributed by atoms with Crippen molar-refractivity contribution in [3.8, 4) is 0 Å². The predicted molar refractivity (Wildman–Crippen MR) is 44.3 cm³/mol. The summed E-state index contributed by atoms with van der Waals surface area (Å²) in [5, 5.41) is 0. The van der Waals surface area contributed by atoms with E-state index in [4.69, 9.17) is 0 Å². The fraction of sp³-hybridized carbons (Fsp3) is 1.00. The second-order valence-corrected chi connectivity index (χ2v) is 10.7. The van der Waals surface area contributed by atoms with E-state index < -0.39 is 23.7 Å². The van der Waals surface area contributed by atoms with Gasteiger partial charge in [-0.1, -0.05) is 19.6 Å². The predicted octanol–water partition coefficient (Wildman–Crippen LogP) is 1.73. The summed E-state index contributed by atoms with van der Waals surface area (Å²) in [6, 6.07) is 0. The first-order valence-electron chi connectivity index (χ1n) is 3.41. The standard InChI is InChI=1S/C5H11F3O3SSi/c1-13(2,3)4-11-12(9,10)5(6,7)8/h4H2,1-3H3. The third kappa shape index (κ3) is 4.63. The molecule has 0 aromatic rings. The lowest BCUT2D eigenvalue weighted by molar-refractivity contribution is -0.0532. The van der Waals surface area contributed by atoms with Gasteiger partial charge in [0.15, 0.2) is 0 Å². The summed E-state index contributed by atoms with van der Waals surface area (Å²) in [5.74, 6) is 0. The zero-order valence-electron chi connectivity index (χ0n) is 7.47. The smallest absolute Gasteiger partial charge is 0.267 e. The van der Waals surface area contributed by atoms with Gasteiger partial charge in [-0.25, -0.2) is 0 Å². The molecule has 0 rings (SSSR count). The van der Waals surface area contributed by atoms with E-state index in [-0.39, 0.29) is 6.23 Å². The summed E-state index contributed by atoms with van der Waals surface area (Å²) < 4.78 is 59.7. The highest BCUT2D eigenvalue weighted by Crippen LogP contribution is 2.25. The maximum absolute atomic E-state index is 11.7. The highest BCUT2D eigenvalue weighted by Gasteiger charge is 2.47. The highest BCUT2D eigenvalue weighted by atomic mass is 32.2. The van der Waals surface area contributed by atoms with Gasteiger partial charge in [0.05, 0.1) is 14.3 Å². The van der Waals surface area contributed by atoms with E-state index in [0.29, 0.717) is 0 Å². The molecule has 0 radical (unpaired) electrons. The van der Waals surface area contributed by atoms with Gasteiger partial charge in [0.25, 0.3) is 0 Å². The minimum absolute atomic E-state index is 0.352. The molecule has 0 aromatic carbocycles. The molecule has 0 aliphatic carbocycles. The van der Waals surface area contributed by atoms with E-state index in [9.17, 15) is 21.6 Å². The fourth-order valence-corrected chi connectivity index (χ4v) is 2.49. The van der Waals surface area contributed by atoms with Crippen LogP contribution in [0.1, 0.15) is 0 Å². The maximum Gasteiger partial charge on any atom is 0.523 e. The summed E-state index contributed by atoms with van der Waals surface area (Å²) in [4.78, 5) is 0. The van der Waals surface area contributed by atoms with Crippen LogP contribution in [0.4, 0.5) is 13.2 Å². The number of rotatable bonds is 3. The van der Waals surface area contributed by atoms with Crippen LogP contribution in [0.2, 0.25) is 19.6 Å². The van der Waals surface area contributed by atoms with Crippen molar-refractivity contribution in [3.05, 3.63) is 0 Å². The number of hydrogen-bond donors (Lipinski definition) is 0. The lowest BCUT2D eigenvalue weighted by Gasteiger charge is -2.16. The lowest BCUT2D eigenvalue weighted by Crippen LogP contribution is -2.34. The summed E-state index contributed by atoms with van der Waals surface area (Å²) >= 11 is 0. The minimum atomic E-state index is -5.40. The molecule has 0 aliphatic rings. The van der Waals surface area contributed by atoms with Gasteiger partial charge >= 0.3 is 15.6 Å². The monoisotopic (exact) mass is 236 g/mol. The molecular formula is C5H11F3O3SSi. The van der Waals surface area contributed by atoms with Crippen LogP contribution in [0, 0.1) is 0 Å². The van der Waals surface area contributed by atoms with Crippen molar-refractivity contribution < 1.29 is 25.8 Å². The SMILES string of the molecule is C[Si](C)(C)COS(=O)(=O)C(F)(F)F. The van der Waals surface area contributed by atoms with Crippen LogP contribution < -0.4 is 0 Å². The first-order chi connectivity index (χ1) is 5.46. The molecule has 0 unspecified atom stereocenters. The Morgan fingerprint density at radius 2 is 1.62 bits per heavy atom. The molecule has 0 N–H and O–H groups in total. The fourth-order valence-electron chi connectivity index (χ4n) is 0.321. The molecule has 0 fully saturated rings. The Bertz CT molecular complexity index is 264. The molecule has 80 valence electrons. The van der Waals surface area contributed by atoms with Gasteiger partial charge in [-0.3, -0.25) is 4.18 Å².